The lowest BCUT2D eigenvalue weighted by molar-refractivity contribution is 0.463. The van der Waals surface area contributed by atoms with Crippen LogP contribution in [0.2, 0.25) is 10.0 Å². The van der Waals surface area contributed by atoms with E-state index in [1.54, 1.807) is 6.07 Å². The molecule has 2 aromatic rings. The Hall–Kier alpha value is -1.29. The number of halogens is 2. The molecule has 3 nitrogen and oxygen atoms in total. The molecule has 0 spiro atoms. The first-order chi connectivity index (χ1) is 8.69. The normalized spacial score (nSPS) is 10.4. The van der Waals surface area contributed by atoms with Crippen LogP contribution >= 0.6 is 23.2 Å². The molecule has 0 fully saturated rings. The summed E-state index contributed by atoms with van der Waals surface area (Å²) in [4.78, 5) is 4.03. The molecule has 0 saturated carbocycles. The van der Waals surface area contributed by atoms with Crippen LogP contribution in [0.4, 0.5) is 0 Å². The summed E-state index contributed by atoms with van der Waals surface area (Å²) >= 11 is 11.7. The van der Waals surface area contributed by atoms with Gasteiger partial charge in [-0.05, 0) is 36.7 Å². The third-order valence-electron chi connectivity index (χ3n) is 2.34. The average molecular weight is 283 g/mol. The molecule has 1 aromatic heterocycles. The van der Waals surface area contributed by atoms with E-state index in [1.165, 1.54) is 11.8 Å². The standard InChI is InChI=1S/C13H12Cl2N2O/c14-10-7-12(15)13(17-8-10)18-11-3-1-9(2-4-11)5-6-16/h1-4,7-8H,5-6,16H2. The first kappa shape index (κ1) is 13.1. The molecule has 0 atom stereocenters. The zero-order valence-corrected chi connectivity index (χ0v) is 11.1. The smallest absolute Gasteiger partial charge is 0.238 e. The zero-order chi connectivity index (χ0) is 13.0. The fourth-order valence-corrected chi connectivity index (χ4v) is 1.90. The summed E-state index contributed by atoms with van der Waals surface area (Å²) in [5, 5.41) is 0.860. The second-order valence-electron chi connectivity index (χ2n) is 3.73. The zero-order valence-electron chi connectivity index (χ0n) is 9.57. The molecule has 94 valence electrons. The van der Waals surface area contributed by atoms with Crippen molar-refractivity contribution in [3.05, 3.63) is 52.1 Å². The quantitative estimate of drug-likeness (QED) is 0.931. The molecule has 0 saturated heterocycles. The van der Waals surface area contributed by atoms with Gasteiger partial charge in [-0.1, -0.05) is 35.3 Å². The van der Waals surface area contributed by atoms with Crippen molar-refractivity contribution < 1.29 is 4.74 Å². The summed E-state index contributed by atoms with van der Waals surface area (Å²) in [5.74, 6) is 1.01. The van der Waals surface area contributed by atoms with Gasteiger partial charge in [0.1, 0.15) is 10.8 Å². The van der Waals surface area contributed by atoms with Gasteiger partial charge in [0.2, 0.25) is 5.88 Å². The molecule has 2 N–H and O–H groups in total. The number of ether oxygens (including phenoxy) is 1. The van der Waals surface area contributed by atoms with Gasteiger partial charge in [0.05, 0.1) is 5.02 Å². The van der Waals surface area contributed by atoms with Crippen LogP contribution in [0.1, 0.15) is 5.56 Å². The Labute approximate surface area is 115 Å². The van der Waals surface area contributed by atoms with Crippen LogP contribution in [0.5, 0.6) is 11.6 Å². The minimum atomic E-state index is 0.340. The van der Waals surface area contributed by atoms with Gasteiger partial charge in [-0.2, -0.15) is 0 Å². The van der Waals surface area contributed by atoms with Crippen molar-refractivity contribution in [1.29, 1.82) is 0 Å². The van der Waals surface area contributed by atoms with Crippen molar-refractivity contribution in [3.63, 3.8) is 0 Å². The van der Waals surface area contributed by atoms with Crippen molar-refractivity contribution in [2.75, 3.05) is 6.54 Å². The van der Waals surface area contributed by atoms with Crippen molar-refractivity contribution in [2.45, 2.75) is 6.42 Å². The predicted octanol–water partition coefficient (Wildman–Crippen LogP) is 3.68. The summed E-state index contributed by atoms with van der Waals surface area (Å²) in [5.41, 5.74) is 6.65. The largest absolute Gasteiger partial charge is 0.438 e. The van der Waals surface area contributed by atoms with Crippen LogP contribution in [-0.2, 0) is 6.42 Å². The molecule has 0 aliphatic heterocycles. The van der Waals surface area contributed by atoms with Crippen LogP contribution < -0.4 is 10.5 Å². The summed E-state index contributed by atoms with van der Waals surface area (Å²) in [6.45, 7) is 0.630. The first-order valence-electron chi connectivity index (χ1n) is 5.47. The molecule has 0 aliphatic carbocycles. The van der Waals surface area contributed by atoms with E-state index in [9.17, 15) is 0 Å². The molecule has 0 unspecified atom stereocenters. The fourth-order valence-electron chi connectivity index (χ4n) is 1.48. The highest BCUT2D eigenvalue weighted by atomic mass is 35.5. The van der Waals surface area contributed by atoms with Crippen LogP contribution in [0.15, 0.2) is 36.5 Å². The molecule has 1 aromatic carbocycles. The van der Waals surface area contributed by atoms with Gasteiger partial charge in [-0.25, -0.2) is 4.98 Å². The Balaban J connectivity index is 2.13. The summed E-state index contributed by atoms with van der Waals surface area (Å²) < 4.78 is 5.56. The number of aromatic nitrogens is 1. The monoisotopic (exact) mass is 282 g/mol. The molecule has 5 heteroatoms. The molecule has 18 heavy (non-hydrogen) atoms. The number of benzene rings is 1. The lowest BCUT2D eigenvalue weighted by Crippen LogP contribution is -2.02. The van der Waals surface area contributed by atoms with Gasteiger partial charge in [0.15, 0.2) is 0 Å². The Morgan fingerprint density at radius 1 is 1.17 bits per heavy atom. The Kier molecular flexibility index (Phi) is 4.42. The number of hydrogen-bond donors (Lipinski definition) is 1. The topological polar surface area (TPSA) is 48.1 Å². The van der Waals surface area contributed by atoms with Gasteiger partial charge in [0.25, 0.3) is 0 Å². The minimum Gasteiger partial charge on any atom is -0.438 e. The van der Waals surface area contributed by atoms with Gasteiger partial charge in [-0.15, -0.1) is 0 Å². The van der Waals surface area contributed by atoms with Crippen LogP contribution in [0.25, 0.3) is 0 Å². The van der Waals surface area contributed by atoms with Crippen molar-refractivity contribution in [1.82, 2.24) is 4.98 Å². The van der Waals surface area contributed by atoms with Gasteiger partial charge in [-0.3, -0.25) is 0 Å². The number of nitrogens with zero attached hydrogens (tertiary/aromatic N) is 1. The molecule has 0 aliphatic rings. The first-order valence-corrected chi connectivity index (χ1v) is 6.22. The van der Waals surface area contributed by atoms with Crippen molar-refractivity contribution >= 4 is 23.2 Å². The van der Waals surface area contributed by atoms with E-state index in [2.05, 4.69) is 4.98 Å². The SMILES string of the molecule is NCCc1ccc(Oc2ncc(Cl)cc2Cl)cc1. The minimum absolute atomic E-state index is 0.340. The molecule has 0 bridgehead atoms. The molecule has 0 amide bonds. The van der Waals surface area contributed by atoms with E-state index in [0.717, 1.165) is 6.42 Å². The highest BCUT2D eigenvalue weighted by Gasteiger charge is 2.05. The molecular formula is C13H12Cl2N2O. The average Bonchev–Trinajstić information content (AvgIpc) is 2.35. The van der Waals surface area contributed by atoms with E-state index in [0.29, 0.717) is 28.2 Å². The van der Waals surface area contributed by atoms with Crippen LogP contribution in [-0.4, -0.2) is 11.5 Å². The lowest BCUT2D eigenvalue weighted by atomic mass is 10.1. The Morgan fingerprint density at radius 3 is 2.50 bits per heavy atom. The summed E-state index contributed by atoms with van der Waals surface area (Å²) in [6.07, 6.45) is 2.34. The third-order valence-corrected chi connectivity index (χ3v) is 2.82. The van der Waals surface area contributed by atoms with Crippen molar-refractivity contribution in [3.8, 4) is 11.6 Å². The van der Waals surface area contributed by atoms with E-state index >= 15 is 0 Å². The highest BCUT2D eigenvalue weighted by Crippen LogP contribution is 2.29. The number of hydrogen-bond acceptors (Lipinski definition) is 3. The summed E-state index contributed by atoms with van der Waals surface area (Å²) in [7, 11) is 0. The second-order valence-corrected chi connectivity index (χ2v) is 4.57. The van der Waals surface area contributed by atoms with Gasteiger partial charge in [0, 0.05) is 6.20 Å². The lowest BCUT2D eigenvalue weighted by Gasteiger charge is -2.07. The molecule has 0 radical (unpaired) electrons. The molecule has 1 heterocycles. The van der Waals surface area contributed by atoms with Gasteiger partial charge < -0.3 is 10.5 Å². The van der Waals surface area contributed by atoms with Gasteiger partial charge >= 0.3 is 0 Å². The summed E-state index contributed by atoms with van der Waals surface area (Å²) in [6, 6.07) is 9.24. The Bertz CT molecular complexity index is 529. The van der Waals surface area contributed by atoms with E-state index < -0.39 is 0 Å². The fraction of sp³-hybridized carbons (Fsp3) is 0.154. The maximum atomic E-state index is 5.97. The second kappa shape index (κ2) is 6.05. The molecule has 2 rings (SSSR count). The number of rotatable bonds is 4. The van der Waals surface area contributed by atoms with E-state index in [4.69, 9.17) is 33.7 Å². The predicted molar refractivity (Wildman–Crippen MR) is 73.5 cm³/mol. The maximum absolute atomic E-state index is 5.97. The maximum Gasteiger partial charge on any atom is 0.238 e. The van der Waals surface area contributed by atoms with Crippen LogP contribution in [0.3, 0.4) is 0 Å². The van der Waals surface area contributed by atoms with Crippen molar-refractivity contribution in [2.24, 2.45) is 5.73 Å². The Morgan fingerprint density at radius 2 is 1.89 bits per heavy atom. The van der Waals surface area contributed by atoms with E-state index in [1.807, 2.05) is 24.3 Å². The number of pyridine rings is 1. The van der Waals surface area contributed by atoms with E-state index in [-0.39, 0.29) is 0 Å². The molecular weight excluding hydrogens is 271 g/mol. The number of nitrogens with two attached hydrogens (primary N) is 1. The third kappa shape index (κ3) is 3.35. The highest BCUT2D eigenvalue weighted by molar-refractivity contribution is 6.35. The van der Waals surface area contributed by atoms with Crippen LogP contribution in [0, 0.1) is 0 Å².